The molecule has 0 amide bonds. The molecule has 0 bridgehead atoms. The van der Waals surface area contributed by atoms with E-state index in [0.717, 1.165) is 25.9 Å². The fourth-order valence-electron chi connectivity index (χ4n) is 4.54. The maximum Gasteiger partial charge on any atom is 0.277 e. The van der Waals surface area contributed by atoms with Gasteiger partial charge in [0.1, 0.15) is 11.6 Å². The SMILES string of the molecule is CCCOc1ccc(S(=O)(=O)C2CC[NH+](C)CC2)cc1-c1nn2c(CCC)nc(C)c2c(=O)[nH]1.[Cl-]. The van der Waals surface area contributed by atoms with E-state index in [1.807, 2.05) is 13.8 Å². The molecule has 0 spiro atoms. The van der Waals surface area contributed by atoms with Crippen molar-refractivity contribution in [1.29, 1.82) is 0 Å². The van der Waals surface area contributed by atoms with Crippen molar-refractivity contribution < 1.29 is 30.5 Å². The molecule has 1 aliphatic rings. The van der Waals surface area contributed by atoms with Crippen molar-refractivity contribution >= 4 is 15.4 Å². The molecule has 0 atom stereocenters. The van der Waals surface area contributed by atoms with Gasteiger partial charge in [-0.15, -0.1) is 5.10 Å². The second-order valence-electron chi connectivity index (χ2n) is 9.13. The standard InChI is InChI=1S/C24H33N5O4S.ClH/c1-5-7-21-25-16(3)22-24(30)26-23(27-29(21)22)19-15-18(8-9-20(19)33-14-6-2)34(31,32)17-10-12-28(4)13-11-17;/h8-9,15,17H,5-7,10-14H2,1-4H3,(H,26,27,30);1H. The van der Waals surface area contributed by atoms with Gasteiger partial charge in [-0.05, 0) is 38.0 Å². The summed E-state index contributed by atoms with van der Waals surface area (Å²) in [6, 6.07) is 4.88. The number of fused-ring (bicyclic) bond motifs is 1. The molecule has 0 unspecified atom stereocenters. The summed E-state index contributed by atoms with van der Waals surface area (Å²) >= 11 is 0. The summed E-state index contributed by atoms with van der Waals surface area (Å²) in [6.07, 6.45) is 3.60. The number of ether oxygens (including phenoxy) is 1. The van der Waals surface area contributed by atoms with E-state index in [1.165, 1.54) is 4.90 Å². The molecule has 3 aromatic rings. The fraction of sp³-hybridized carbons (Fsp3) is 0.542. The Hall–Kier alpha value is -2.43. The van der Waals surface area contributed by atoms with Gasteiger partial charge >= 0.3 is 0 Å². The zero-order valence-electron chi connectivity index (χ0n) is 20.7. The number of sulfone groups is 1. The summed E-state index contributed by atoms with van der Waals surface area (Å²) in [4.78, 5) is 21.9. The zero-order chi connectivity index (χ0) is 24.5. The summed E-state index contributed by atoms with van der Waals surface area (Å²) in [5.74, 6) is 1.46. The van der Waals surface area contributed by atoms with E-state index in [1.54, 1.807) is 29.6 Å². The highest BCUT2D eigenvalue weighted by Crippen LogP contribution is 2.32. The van der Waals surface area contributed by atoms with Crippen molar-refractivity contribution in [3.05, 3.63) is 40.1 Å². The molecule has 2 aromatic heterocycles. The molecular weight excluding hydrogens is 490 g/mol. The van der Waals surface area contributed by atoms with Crippen molar-refractivity contribution in [3.63, 3.8) is 0 Å². The highest BCUT2D eigenvalue weighted by molar-refractivity contribution is 7.92. The number of aryl methyl sites for hydroxylation is 2. The van der Waals surface area contributed by atoms with Crippen molar-refractivity contribution in [1.82, 2.24) is 19.6 Å². The molecule has 35 heavy (non-hydrogen) atoms. The van der Waals surface area contributed by atoms with Crippen LogP contribution in [0, 0.1) is 6.92 Å². The van der Waals surface area contributed by atoms with E-state index in [2.05, 4.69) is 22.1 Å². The van der Waals surface area contributed by atoms with Crippen LogP contribution in [0.25, 0.3) is 16.9 Å². The lowest BCUT2D eigenvalue weighted by atomic mass is 10.1. The molecule has 0 radical (unpaired) electrons. The number of halogens is 1. The highest BCUT2D eigenvalue weighted by atomic mass is 35.5. The first kappa shape index (κ1) is 27.2. The average Bonchev–Trinajstić information content (AvgIpc) is 3.13. The number of rotatable bonds is 8. The van der Waals surface area contributed by atoms with Crippen LogP contribution in [0.5, 0.6) is 5.75 Å². The Balaban J connectivity index is 0.00000342. The van der Waals surface area contributed by atoms with Crippen LogP contribution < -0.4 is 27.6 Å². The van der Waals surface area contributed by atoms with E-state index in [9.17, 15) is 13.2 Å². The van der Waals surface area contributed by atoms with Gasteiger partial charge in [0.15, 0.2) is 21.2 Å². The van der Waals surface area contributed by atoms with E-state index in [-0.39, 0.29) is 28.7 Å². The summed E-state index contributed by atoms with van der Waals surface area (Å²) < 4.78 is 34.4. The van der Waals surface area contributed by atoms with Crippen LogP contribution in [0.4, 0.5) is 0 Å². The number of hydrogen-bond acceptors (Lipinski definition) is 6. The molecule has 0 aliphatic carbocycles. The normalized spacial score (nSPS) is 18.4. The van der Waals surface area contributed by atoms with Crippen molar-refractivity contribution in [2.24, 2.45) is 0 Å². The van der Waals surface area contributed by atoms with Crippen LogP contribution in [0.15, 0.2) is 27.9 Å². The third kappa shape index (κ3) is 5.39. The van der Waals surface area contributed by atoms with E-state index in [4.69, 9.17) is 4.74 Å². The first-order valence-corrected chi connectivity index (χ1v) is 13.6. The Morgan fingerprint density at radius 3 is 2.57 bits per heavy atom. The minimum Gasteiger partial charge on any atom is -1.00 e. The lowest BCUT2D eigenvalue weighted by Gasteiger charge is -2.26. The van der Waals surface area contributed by atoms with Crippen LogP contribution in [-0.4, -0.2) is 60.0 Å². The number of nitrogens with zero attached hydrogens (tertiary/aromatic N) is 3. The zero-order valence-corrected chi connectivity index (χ0v) is 22.3. The Kier molecular flexibility index (Phi) is 8.61. The van der Waals surface area contributed by atoms with Gasteiger partial charge in [-0.1, -0.05) is 13.8 Å². The average molecular weight is 524 g/mol. The number of quaternary nitrogens is 1. The highest BCUT2D eigenvalue weighted by Gasteiger charge is 2.33. The smallest absolute Gasteiger partial charge is 0.277 e. The predicted octanol–water partition coefficient (Wildman–Crippen LogP) is -1.41. The number of benzene rings is 1. The van der Waals surface area contributed by atoms with Gasteiger partial charge in [-0.3, -0.25) is 4.79 Å². The minimum absolute atomic E-state index is 0. The number of hydrogen-bond donors (Lipinski definition) is 2. The van der Waals surface area contributed by atoms with Crippen LogP contribution in [0.1, 0.15) is 51.0 Å². The van der Waals surface area contributed by atoms with Gasteiger partial charge < -0.3 is 27.0 Å². The molecule has 1 saturated heterocycles. The molecule has 3 heterocycles. The molecule has 192 valence electrons. The molecule has 1 aromatic carbocycles. The van der Waals surface area contributed by atoms with E-state index in [0.29, 0.717) is 54.2 Å². The lowest BCUT2D eigenvalue weighted by molar-refractivity contribution is -0.884. The van der Waals surface area contributed by atoms with Crippen molar-refractivity contribution in [3.8, 4) is 17.1 Å². The largest absolute Gasteiger partial charge is 1.00 e. The van der Waals surface area contributed by atoms with Crippen LogP contribution in [0.3, 0.4) is 0 Å². The Morgan fingerprint density at radius 2 is 1.91 bits per heavy atom. The summed E-state index contributed by atoms with van der Waals surface area (Å²) in [5, 5.41) is 4.27. The molecule has 2 N–H and O–H groups in total. The molecule has 1 aliphatic heterocycles. The Labute approximate surface area is 212 Å². The number of aromatic nitrogens is 4. The molecular formula is C24H34ClN5O4S. The monoisotopic (exact) mass is 523 g/mol. The number of aromatic amines is 1. The predicted molar refractivity (Wildman–Crippen MR) is 130 cm³/mol. The number of imidazole rings is 1. The molecule has 9 nitrogen and oxygen atoms in total. The molecule has 11 heteroatoms. The summed E-state index contributed by atoms with van der Waals surface area (Å²) in [5.41, 5.74) is 1.17. The second-order valence-corrected chi connectivity index (χ2v) is 11.4. The van der Waals surface area contributed by atoms with Gasteiger partial charge in [0.05, 0.1) is 48.1 Å². The lowest BCUT2D eigenvalue weighted by Crippen LogP contribution is -3.10. The van der Waals surface area contributed by atoms with Gasteiger partial charge in [0, 0.05) is 19.3 Å². The first-order chi connectivity index (χ1) is 16.3. The van der Waals surface area contributed by atoms with Gasteiger partial charge in [0.2, 0.25) is 0 Å². The molecule has 4 rings (SSSR count). The number of piperidine rings is 1. The van der Waals surface area contributed by atoms with E-state index >= 15 is 0 Å². The summed E-state index contributed by atoms with van der Waals surface area (Å²) in [7, 11) is -1.44. The minimum atomic E-state index is -3.53. The number of H-pyrrole nitrogens is 1. The quantitative estimate of drug-likeness (QED) is 0.375. The molecule has 1 fully saturated rings. The Morgan fingerprint density at radius 1 is 1.20 bits per heavy atom. The van der Waals surface area contributed by atoms with Crippen LogP contribution in [0.2, 0.25) is 0 Å². The molecule has 0 saturated carbocycles. The van der Waals surface area contributed by atoms with Gasteiger partial charge in [0.25, 0.3) is 5.56 Å². The van der Waals surface area contributed by atoms with E-state index < -0.39 is 15.1 Å². The third-order valence-corrected chi connectivity index (χ3v) is 8.70. The summed E-state index contributed by atoms with van der Waals surface area (Å²) in [6.45, 7) is 7.96. The number of likely N-dealkylation sites (tertiary alicyclic amines) is 1. The number of nitrogens with one attached hydrogen (secondary N) is 2. The Bertz CT molecular complexity index is 1340. The van der Waals surface area contributed by atoms with Crippen molar-refractivity contribution in [2.45, 2.75) is 63.0 Å². The van der Waals surface area contributed by atoms with Gasteiger partial charge in [-0.2, -0.15) is 0 Å². The first-order valence-electron chi connectivity index (χ1n) is 12.1. The van der Waals surface area contributed by atoms with Crippen LogP contribution in [-0.2, 0) is 16.3 Å². The van der Waals surface area contributed by atoms with Gasteiger partial charge in [-0.25, -0.2) is 17.9 Å². The van der Waals surface area contributed by atoms with Crippen molar-refractivity contribution in [2.75, 3.05) is 26.7 Å². The maximum atomic E-state index is 13.5. The third-order valence-electron chi connectivity index (χ3n) is 6.44. The maximum absolute atomic E-state index is 13.5. The fourth-order valence-corrected chi connectivity index (χ4v) is 6.32. The second kappa shape index (κ2) is 11.1. The topological polar surface area (TPSA) is 111 Å². The van der Waals surface area contributed by atoms with Crippen LogP contribution >= 0.6 is 0 Å².